The summed E-state index contributed by atoms with van der Waals surface area (Å²) in [5.41, 5.74) is 1.67. The standard InChI is InChI=1S/C17H13ClN4O/c18-13-8-4-5-9-14(13)20-16-11-10-15(21-22-16)17(23)19-12-6-2-1-3-7-12/h1-11H,(H,19,23)(H,20,22). The largest absolute Gasteiger partial charge is 0.338 e. The van der Waals surface area contributed by atoms with Gasteiger partial charge in [0.1, 0.15) is 0 Å². The molecule has 114 valence electrons. The highest BCUT2D eigenvalue weighted by atomic mass is 35.5. The molecule has 1 aromatic heterocycles. The molecule has 0 aliphatic heterocycles. The molecule has 1 amide bonds. The molecule has 0 bridgehead atoms. The van der Waals surface area contributed by atoms with Gasteiger partial charge in [-0.3, -0.25) is 4.79 Å². The first-order valence-electron chi connectivity index (χ1n) is 6.94. The number of para-hydroxylation sites is 2. The van der Waals surface area contributed by atoms with E-state index in [1.807, 2.05) is 36.4 Å². The molecule has 0 aliphatic rings. The number of anilines is 3. The zero-order valence-electron chi connectivity index (χ0n) is 12.0. The molecule has 0 saturated heterocycles. The predicted molar refractivity (Wildman–Crippen MR) is 91.2 cm³/mol. The Morgan fingerprint density at radius 2 is 1.61 bits per heavy atom. The van der Waals surface area contributed by atoms with Crippen LogP contribution < -0.4 is 10.6 Å². The van der Waals surface area contributed by atoms with Crippen LogP contribution in [-0.4, -0.2) is 16.1 Å². The predicted octanol–water partition coefficient (Wildman–Crippen LogP) is 4.13. The molecule has 2 aromatic carbocycles. The van der Waals surface area contributed by atoms with Crippen LogP contribution in [0, 0.1) is 0 Å². The molecule has 0 aliphatic carbocycles. The number of rotatable bonds is 4. The van der Waals surface area contributed by atoms with Crippen molar-refractivity contribution < 1.29 is 4.79 Å². The molecule has 0 unspecified atom stereocenters. The first-order valence-corrected chi connectivity index (χ1v) is 7.32. The van der Waals surface area contributed by atoms with Gasteiger partial charge < -0.3 is 10.6 Å². The SMILES string of the molecule is O=C(Nc1ccccc1)c1ccc(Nc2ccccc2Cl)nn1. The number of benzene rings is 2. The first-order chi connectivity index (χ1) is 11.2. The Morgan fingerprint density at radius 3 is 2.30 bits per heavy atom. The summed E-state index contributed by atoms with van der Waals surface area (Å²) >= 11 is 6.07. The number of nitrogens with zero attached hydrogens (tertiary/aromatic N) is 2. The summed E-state index contributed by atoms with van der Waals surface area (Å²) < 4.78 is 0. The summed E-state index contributed by atoms with van der Waals surface area (Å²) in [5, 5.41) is 14.3. The van der Waals surface area contributed by atoms with Gasteiger partial charge in [-0.1, -0.05) is 41.9 Å². The Balaban J connectivity index is 1.69. The van der Waals surface area contributed by atoms with E-state index in [2.05, 4.69) is 20.8 Å². The quantitative estimate of drug-likeness (QED) is 0.757. The molecule has 5 nitrogen and oxygen atoms in total. The van der Waals surface area contributed by atoms with Gasteiger partial charge in [-0.25, -0.2) is 0 Å². The molecule has 0 spiro atoms. The number of carbonyl (C=O) groups excluding carboxylic acids is 1. The summed E-state index contributed by atoms with van der Waals surface area (Å²) in [7, 11) is 0. The van der Waals surface area contributed by atoms with Crippen LogP contribution in [0.25, 0.3) is 0 Å². The second-order valence-electron chi connectivity index (χ2n) is 4.73. The molecule has 0 radical (unpaired) electrons. The molecule has 3 rings (SSSR count). The van der Waals surface area contributed by atoms with Crippen LogP contribution in [0.2, 0.25) is 5.02 Å². The van der Waals surface area contributed by atoms with E-state index in [0.29, 0.717) is 16.5 Å². The molecule has 0 saturated carbocycles. The van der Waals surface area contributed by atoms with Crippen molar-refractivity contribution >= 4 is 34.7 Å². The average molecular weight is 325 g/mol. The minimum atomic E-state index is -0.312. The van der Waals surface area contributed by atoms with Gasteiger partial charge in [-0.2, -0.15) is 0 Å². The second-order valence-corrected chi connectivity index (χ2v) is 5.14. The third kappa shape index (κ3) is 3.84. The van der Waals surface area contributed by atoms with E-state index in [-0.39, 0.29) is 11.6 Å². The summed E-state index contributed by atoms with van der Waals surface area (Å²) in [6.45, 7) is 0. The Morgan fingerprint density at radius 1 is 0.870 bits per heavy atom. The lowest BCUT2D eigenvalue weighted by Gasteiger charge is -2.07. The molecule has 23 heavy (non-hydrogen) atoms. The van der Waals surface area contributed by atoms with E-state index < -0.39 is 0 Å². The Hall–Kier alpha value is -2.92. The third-order valence-corrected chi connectivity index (χ3v) is 3.40. The van der Waals surface area contributed by atoms with Crippen LogP contribution >= 0.6 is 11.6 Å². The van der Waals surface area contributed by atoms with Gasteiger partial charge in [0.25, 0.3) is 5.91 Å². The van der Waals surface area contributed by atoms with Crippen molar-refractivity contribution in [1.29, 1.82) is 0 Å². The van der Waals surface area contributed by atoms with Crippen molar-refractivity contribution in [3.05, 3.63) is 77.4 Å². The zero-order chi connectivity index (χ0) is 16.1. The molecule has 2 N–H and O–H groups in total. The van der Waals surface area contributed by atoms with Gasteiger partial charge in [-0.05, 0) is 36.4 Å². The van der Waals surface area contributed by atoms with Crippen LogP contribution in [0.15, 0.2) is 66.7 Å². The maximum atomic E-state index is 12.1. The number of halogens is 1. The number of hydrogen-bond acceptors (Lipinski definition) is 4. The van der Waals surface area contributed by atoms with Crippen LogP contribution in [0.5, 0.6) is 0 Å². The van der Waals surface area contributed by atoms with Gasteiger partial charge in [0.15, 0.2) is 11.5 Å². The smallest absolute Gasteiger partial charge is 0.276 e. The van der Waals surface area contributed by atoms with E-state index in [4.69, 9.17) is 11.6 Å². The number of nitrogens with one attached hydrogen (secondary N) is 2. The fourth-order valence-electron chi connectivity index (χ4n) is 1.94. The van der Waals surface area contributed by atoms with Crippen LogP contribution in [0.1, 0.15) is 10.5 Å². The summed E-state index contributed by atoms with van der Waals surface area (Å²) in [5.74, 6) is 0.197. The monoisotopic (exact) mass is 324 g/mol. The average Bonchev–Trinajstić information content (AvgIpc) is 2.58. The van der Waals surface area contributed by atoms with E-state index in [1.165, 1.54) is 0 Å². The second kappa shape index (κ2) is 6.89. The van der Waals surface area contributed by atoms with Crippen LogP contribution in [0.4, 0.5) is 17.2 Å². The normalized spacial score (nSPS) is 10.1. The van der Waals surface area contributed by atoms with E-state index in [1.54, 1.807) is 30.3 Å². The summed E-state index contributed by atoms with van der Waals surface area (Å²) in [6, 6.07) is 19.8. The highest BCUT2D eigenvalue weighted by molar-refractivity contribution is 6.33. The maximum Gasteiger partial charge on any atom is 0.276 e. The number of aromatic nitrogens is 2. The lowest BCUT2D eigenvalue weighted by molar-refractivity contribution is 0.102. The zero-order valence-corrected chi connectivity index (χ0v) is 12.8. The van der Waals surface area contributed by atoms with Crippen LogP contribution in [0.3, 0.4) is 0 Å². The highest BCUT2D eigenvalue weighted by Crippen LogP contribution is 2.23. The summed E-state index contributed by atoms with van der Waals surface area (Å²) in [4.78, 5) is 12.1. The third-order valence-electron chi connectivity index (χ3n) is 3.07. The molecule has 0 fully saturated rings. The Kier molecular flexibility index (Phi) is 4.49. The number of hydrogen-bond donors (Lipinski definition) is 2. The van der Waals surface area contributed by atoms with Crippen molar-refractivity contribution in [2.45, 2.75) is 0 Å². The van der Waals surface area contributed by atoms with Crippen molar-refractivity contribution in [2.24, 2.45) is 0 Å². The minimum Gasteiger partial charge on any atom is -0.338 e. The lowest BCUT2D eigenvalue weighted by Crippen LogP contribution is -2.14. The van der Waals surface area contributed by atoms with Crippen LogP contribution in [-0.2, 0) is 0 Å². The van der Waals surface area contributed by atoms with Crippen molar-refractivity contribution in [3.8, 4) is 0 Å². The molecule has 0 atom stereocenters. The first kappa shape index (κ1) is 15.0. The minimum absolute atomic E-state index is 0.235. The molecule has 1 heterocycles. The fourth-order valence-corrected chi connectivity index (χ4v) is 2.12. The summed E-state index contributed by atoms with van der Waals surface area (Å²) in [6.07, 6.45) is 0. The van der Waals surface area contributed by atoms with E-state index >= 15 is 0 Å². The topological polar surface area (TPSA) is 66.9 Å². The van der Waals surface area contributed by atoms with Crippen molar-refractivity contribution in [2.75, 3.05) is 10.6 Å². The van der Waals surface area contributed by atoms with Gasteiger partial charge in [0, 0.05) is 5.69 Å². The van der Waals surface area contributed by atoms with Gasteiger partial charge in [0.05, 0.1) is 10.7 Å². The van der Waals surface area contributed by atoms with E-state index in [9.17, 15) is 4.79 Å². The number of amides is 1. The molecule has 6 heteroatoms. The van der Waals surface area contributed by atoms with Gasteiger partial charge in [-0.15, -0.1) is 10.2 Å². The lowest BCUT2D eigenvalue weighted by atomic mass is 10.3. The number of carbonyl (C=O) groups is 1. The molecular formula is C17H13ClN4O. The van der Waals surface area contributed by atoms with E-state index in [0.717, 1.165) is 5.69 Å². The van der Waals surface area contributed by atoms with Crippen molar-refractivity contribution in [3.63, 3.8) is 0 Å². The van der Waals surface area contributed by atoms with Gasteiger partial charge in [0.2, 0.25) is 0 Å². The highest BCUT2D eigenvalue weighted by Gasteiger charge is 2.09. The molecule has 3 aromatic rings. The van der Waals surface area contributed by atoms with Gasteiger partial charge >= 0.3 is 0 Å². The fraction of sp³-hybridized carbons (Fsp3) is 0. The Labute approximate surface area is 138 Å². The molecular weight excluding hydrogens is 312 g/mol. The Bertz CT molecular complexity index is 806. The maximum absolute atomic E-state index is 12.1. The van der Waals surface area contributed by atoms with Crippen molar-refractivity contribution in [1.82, 2.24) is 10.2 Å².